The maximum Gasteiger partial charge on any atom is 0.256 e. The van der Waals surface area contributed by atoms with Crippen molar-refractivity contribution in [2.24, 2.45) is 7.05 Å². The average Bonchev–Trinajstić information content (AvgIpc) is 3.16. The summed E-state index contributed by atoms with van der Waals surface area (Å²) in [5, 5.41) is 7.71. The molecule has 0 spiro atoms. The van der Waals surface area contributed by atoms with Crippen LogP contribution < -0.4 is 10.2 Å². The third kappa shape index (κ3) is 4.36. The number of aromatic nitrogens is 3. The Hall–Kier alpha value is -3.23. The molecule has 2 aliphatic rings. The Morgan fingerprint density at radius 2 is 2.09 bits per heavy atom. The number of fused-ring (bicyclic) bond motifs is 2. The minimum atomic E-state index is -0.497. The van der Waals surface area contributed by atoms with E-state index in [1.165, 1.54) is 0 Å². The highest BCUT2D eigenvalue weighted by molar-refractivity contribution is 6.01. The first-order valence-corrected chi connectivity index (χ1v) is 11.4. The summed E-state index contributed by atoms with van der Waals surface area (Å²) >= 11 is 0. The van der Waals surface area contributed by atoms with E-state index in [4.69, 9.17) is 9.47 Å². The third-order valence-corrected chi connectivity index (χ3v) is 6.12. The molecule has 1 aromatic carbocycles. The van der Waals surface area contributed by atoms with E-state index >= 15 is 0 Å². The summed E-state index contributed by atoms with van der Waals surface area (Å²) < 4.78 is 13.7. The molecule has 1 fully saturated rings. The molecule has 0 bridgehead atoms. The predicted octanol–water partition coefficient (Wildman–Crippen LogP) is 4.04. The maximum absolute atomic E-state index is 13.8. The van der Waals surface area contributed by atoms with E-state index in [9.17, 15) is 4.79 Å². The number of carbonyl (C=O) groups is 1. The number of pyridine rings is 1. The number of rotatable bonds is 4. The summed E-state index contributed by atoms with van der Waals surface area (Å²) in [5.74, 6) is 0.720. The Balaban J connectivity index is 1.48. The van der Waals surface area contributed by atoms with Crippen molar-refractivity contribution in [3.05, 3.63) is 54.4 Å². The average molecular weight is 448 g/mol. The van der Waals surface area contributed by atoms with Gasteiger partial charge in [-0.2, -0.15) is 5.10 Å². The van der Waals surface area contributed by atoms with Gasteiger partial charge in [-0.05, 0) is 51.0 Å². The second-order valence-corrected chi connectivity index (χ2v) is 8.84. The van der Waals surface area contributed by atoms with E-state index in [2.05, 4.69) is 15.4 Å². The monoisotopic (exact) mass is 447 g/mol. The van der Waals surface area contributed by atoms with Crippen molar-refractivity contribution < 1.29 is 14.3 Å². The zero-order valence-electron chi connectivity index (χ0n) is 19.2. The van der Waals surface area contributed by atoms with Crippen molar-refractivity contribution in [3.63, 3.8) is 0 Å². The number of hydrogen-bond donors (Lipinski definition) is 1. The molecule has 0 saturated carbocycles. The van der Waals surface area contributed by atoms with Gasteiger partial charge in [-0.1, -0.05) is 12.1 Å². The van der Waals surface area contributed by atoms with Gasteiger partial charge >= 0.3 is 0 Å². The second-order valence-electron chi connectivity index (χ2n) is 8.84. The predicted molar refractivity (Wildman–Crippen MR) is 126 cm³/mol. The van der Waals surface area contributed by atoms with E-state index in [0.29, 0.717) is 19.6 Å². The number of ether oxygens (including phenoxy) is 2. The van der Waals surface area contributed by atoms with Gasteiger partial charge in [0, 0.05) is 30.6 Å². The van der Waals surface area contributed by atoms with Gasteiger partial charge in [0.05, 0.1) is 42.4 Å². The molecule has 2 aromatic heterocycles. The fraction of sp³-hybridized carbons (Fsp3) is 0.400. The van der Waals surface area contributed by atoms with Crippen LogP contribution in [0.3, 0.4) is 0 Å². The molecule has 8 heteroatoms. The van der Waals surface area contributed by atoms with Crippen molar-refractivity contribution in [1.82, 2.24) is 14.8 Å². The number of nitrogens with one attached hydrogen (secondary N) is 1. The molecule has 172 valence electrons. The van der Waals surface area contributed by atoms with Crippen LogP contribution in [0.5, 0.6) is 0 Å². The summed E-state index contributed by atoms with van der Waals surface area (Å²) in [6.07, 6.45) is 4.65. The Kier molecular flexibility index (Phi) is 5.86. The van der Waals surface area contributed by atoms with E-state index in [1.54, 1.807) is 12.4 Å². The van der Waals surface area contributed by atoms with Crippen molar-refractivity contribution in [1.29, 1.82) is 0 Å². The number of hydrogen-bond acceptors (Lipinski definition) is 6. The molecule has 5 rings (SSSR count). The van der Waals surface area contributed by atoms with Crippen LogP contribution in [0.2, 0.25) is 0 Å². The second kappa shape index (κ2) is 8.96. The van der Waals surface area contributed by atoms with Crippen LogP contribution in [0.1, 0.15) is 32.3 Å². The van der Waals surface area contributed by atoms with Crippen LogP contribution in [0.4, 0.5) is 17.2 Å². The lowest BCUT2D eigenvalue weighted by atomic mass is 10.0. The molecule has 8 nitrogen and oxygen atoms in total. The van der Waals surface area contributed by atoms with E-state index in [-0.39, 0.29) is 18.1 Å². The molecule has 4 heterocycles. The van der Waals surface area contributed by atoms with Gasteiger partial charge in [0.15, 0.2) is 0 Å². The molecule has 2 aliphatic heterocycles. The standard InChI is InChI=1S/C25H29N5O3/c1-16(2)33-19-7-9-23(32-15-19)25(31)30-14-18-5-4-11-26-24(18)28-20-8-6-17(13-22(20)30)21-10-12-27-29(21)3/h4-6,8,10-13,16,19,23H,7,9,14-15H2,1-3H3,(H,26,28)/t19-,23+/m0/s1. The summed E-state index contributed by atoms with van der Waals surface area (Å²) in [6.45, 7) is 4.89. The van der Waals surface area contributed by atoms with E-state index in [0.717, 1.165) is 40.4 Å². The Morgan fingerprint density at radius 1 is 1.21 bits per heavy atom. The zero-order valence-corrected chi connectivity index (χ0v) is 19.2. The summed E-state index contributed by atoms with van der Waals surface area (Å²) in [4.78, 5) is 20.1. The molecule has 3 aromatic rings. The fourth-order valence-corrected chi connectivity index (χ4v) is 4.52. The van der Waals surface area contributed by atoms with E-state index in [1.807, 2.05) is 66.9 Å². The summed E-state index contributed by atoms with van der Waals surface area (Å²) in [5.41, 5.74) is 4.57. The first kappa shape index (κ1) is 21.6. The van der Waals surface area contributed by atoms with Gasteiger partial charge < -0.3 is 19.7 Å². The van der Waals surface area contributed by atoms with Gasteiger partial charge in [0.2, 0.25) is 0 Å². The zero-order chi connectivity index (χ0) is 22.9. The highest BCUT2D eigenvalue weighted by Gasteiger charge is 2.34. The minimum Gasteiger partial charge on any atom is -0.373 e. The fourth-order valence-electron chi connectivity index (χ4n) is 4.52. The van der Waals surface area contributed by atoms with Crippen LogP contribution in [0.25, 0.3) is 11.3 Å². The molecule has 0 unspecified atom stereocenters. The first-order chi connectivity index (χ1) is 16.0. The lowest BCUT2D eigenvalue weighted by molar-refractivity contribution is -0.143. The van der Waals surface area contributed by atoms with Gasteiger partial charge in [-0.25, -0.2) is 4.98 Å². The van der Waals surface area contributed by atoms with Crippen molar-refractivity contribution in [3.8, 4) is 11.3 Å². The summed E-state index contributed by atoms with van der Waals surface area (Å²) in [7, 11) is 1.91. The summed E-state index contributed by atoms with van der Waals surface area (Å²) in [6, 6.07) is 11.9. The maximum atomic E-state index is 13.8. The highest BCUT2D eigenvalue weighted by Crippen LogP contribution is 2.38. The van der Waals surface area contributed by atoms with Crippen molar-refractivity contribution in [2.45, 2.75) is 51.5 Å². The quantitative estimate of drug-likeness (QED) is 0.650. The highest BCUT2D eigenvalue weighted by atomic mass is 16.5. The lowest BCUT2D eigenvalue weighted by Gasteiger charge is -2.33. The van der Waals surface area contributed by atoms with Crippen LogP contribution >= 0.6 is 0 Å². The van der Waals surface area contributed by atoms with Gasteiger partial charge in [-0.3, -0.25) is 9.48 Å². The molecule has 2 atom stereocenters. The topological polar surface area (TPSA) is 81.5 Å². The molecule has 1 N–H and O–H groups in total. The lowest BCUT2D eigenvalue weighted by Crippen LogP contribution is -2.44. The normalized spacial score (nSPS) is 20.1. The number of carbonyl (C=O) groups excluding carboxylic acids is 1. The van der Waals surface area contributed by atoms with Gasteiger partial charge in [0.25, 0.3) is 5.91 Å². The largest absolute Gasteiger partial charge is 0.373 e. The smallest absolute Gasteiger partial charge is 0.256 e. The molecule has 0 radical (unpaired) electrons. The first-order valence-electron chi connectivity index (χ1n) is 11.4. The molecular formula is C25H29N5O3. The van der Waals surface area contributed by atoms with Crippen LogP contribution in [-0.2, 0) is 27.9 Å². The molecular weight excluding hydrogens is 418 g/mol. The minimum absolute atomic E-state index is 0.0357. The number of benzene rings is 1. The van der Waals surface area contributed by atoms with Gasteiger partial charge in [-0.15, -0.1) is 0 Å². The van der Waals surface area contributed by atoms with Gasteiger partial charge in [0.1, 0.15) is 11.9 Å². The molecule has 33 heavy (non-hydrogen) atoms. The number of anilines is 3. The Morgan fingerprint density at radius 3 is 2.82 bits per heavy atom. The number of aryl methyl sites for hydroxylation is 1. The molecule has 1 saturated heterocycles. The van der Waals surface area contributed by atoms with Crippen molar-refractivity contribution in [2.75, 3.05) is 16.8 Å². The van der Waals surface area contributed by atoms with Crippen LogP contribution in [0, 0.1) is 0 Å². The molecule has 0 aliphatic carbocycles. The van der Waals surface area contributed by atoms with Crippen LogP contribution in [-0.4, -0.2) is 45.6 Å². The third-order valence-electron chi connectivity index (χ3n) is 6.12. The SMILES string of the molecule is CC(C)O[C@H]1CC[C@H](C(=O)N2Cc3cccnc3Nc3ccc(-c4ccnn4C)cc32)OC1. The molecule has 1 amide bonds. The Bertz CT molecular complexity index is 1150. The van der Waals surface area contributed by atoms with Crippen molar-refractivity contribution >= 4 is 23.1 Å². The Labute approximate surface area is 193 Å². The van der Waals surface area contributed by atoms with E-state index < -0.39 is 6.10 Å². The van der Waals surface area contributed by atoms with Crippen LogP contribution in [0.15, 0.2) is 48.8 Å². The number of nitrogens with zero attached hydrogens (tertiary/aromatic N) is 4. The number of amides is 1.